The maximum Gasteiger partial charge on any atom is 0.404 e. The first-order chi connectivity index (χ1) is 40.2. The van der Waals surface area contributed by atoms with Gasteiger partial charge in [0, 0.05) is 78.2 Å². The lowest BCUT2D eigenvalue weighted by Gasteiger charge is -2.00. The molecule has 0 unspecified atom stereocenters. The summed E-state index contributed by atoms with van der Waals surface area (Å²) in [5.41, 5.74) is 37.7. The van der Waals surface area contributed by atoms with Gasteiger partial charge in [-0.3, -0.25) is 0 Å². The van der Waals surface area contributed by atoms with Gasteiger partial charge in [-0.25, -0.2) is 14.4 Å². The Labute approximate surface area is 504 Å². The molecular weight excluding hydrogens is 1180 g/mol. The van der Waals surface area contributed by atoms with Gasteiger partial charge >= 0.3 is 18.3 Å². The molecule has 0 aliphatic carbocycles. The highest BCUT2D eigenvalue weighted by molar-refractivity contribution is 9.09. The van der Waals surface area contributed by atoms with Crippen LogP contribution in [-0.2, 0) is 33.2 Å². The van der Waals surface area contributed by atoms with E-state index in [0.717, 1.165) is 69.5 Å². The molecule has 32 heteroatoms. The van der Waals surface area contributed by atoms with Gasteiger partial charge in [0.05, 0.1) is 85.9 Å². The van der Waals surface area contributed by atoms with Crippen molar-refractivity contribution in [1.82, 2.24) is 0 Å². The number of primary amides is 3. The van der Waals surface area contributed by atoms with Crippen LogP contribution in [-0.4, -0.2) is 216 Å². The number of aliphatic hydroxyl groups excluding tert-OH is 8. The average Bonchev–Trinajstić information content (AvgIpc) is 3.48. The first-order valence-electron chi connectivity index (χ1n) is 26.0. The Kier molecular flexibility index (Phi) is 142. The average molecular weight is 1280 g/mol. The van der Waals surface area contributed by atoms with E-state index in [-0.39, 0.29) is 66.1 Å². The molecule has 83 heavy (non-hydrogen) atoms. The number of halogens is 2. The first kappa shape index (κ1) is 99.3. The Balaban J connectivity index is -0.0000000902. The zero-order valence-corrected chi connectivity index (χ0v) is 50.6. The summed E-state index contributed by atoms with van der Waals surface area (Å²) in [5.74, 6) is 9.85. The molecule has 14 N–H and O–H groups in total. The zero-order chi connectivity index (χ0) is 65.0. The van der Waals surface area contributed by atoms with Crippen molar-refractivity contribution in [3.63, 3.8) is 0 Å². The molecule has 0 aliphatic rings. The van der Waals surface area contributed by atoms with Crippen molar-refractivity contribution in [2.45, 2.75) is 103 Å². The number of carbonyl (C=O) groups is 3. The highest BCUT2D eigenvalue weighted by atomic mass is 79.9. The number of rotatable bonds is 40. The number of ether oxygens (including phenoxy) is 7. The van der Waals surface area contributed by atoms with Gasteiger partial charge in [0.25, 0.3) is 0 Å². The van der Waals surface area contributed by atoms with Crippen molar-refractivity contribution in [2.75, 3.05) is 156 Å². The van der Waals surface area contributed by atoms with Crippen LogP contribution in [0.3, 0.4) is 0 Å². The van der Waals surface area contributed by atoms with Gasteiger partial charge in [0.1, 0.15) is 19.8 Å². The number of terminal acetylenes is 4. The van der Waals surface area contributed by atoms with Crippen molar-refractivity contribution < 1.29 is 88.4 Å². The number of nitrogens with two attached hydrogens (primary N) is 3. The van der Waals surface area contributed by atoms with E-state index < -0.39 is 18.3 Å². The number of unbranched alkanes of at least 4 members (excludes halogenated alkanes) is 11. The molecule has 0 aromatic carbocycles. The Morgan fingerprint density at radius 2 is 0.771 bits per heavy atom. The van der Waals surface area contributed by atoms with Crippen LogP contribution in [0, 0.1) is 49.4 Å². The van der Waals surface area contributed by atoms with Crippen LogP contribution in [0.1, 0.15) is 103 Å². The molecule has 0 aromatic rings. The summed E-state index contributed by atoms with van der Waals surface area (Å²) in [6.07, 6.45) is 32.0. The minimum Gasteiger partial charge on any atom is -0.450 e. The fourth-order valence-electron chi connectivity index (χ4n) is 3.70. The quantitative estimate of drug-likeness (QED) is 0.00686. The van der Waals surface area contributed by atoms with Gasteiger partial charge in [-0.05, 0) is 68.0 Å². The summed E-state index contributed by atoms with van der Waals surface area (Å²) >= 11 is 8.57. The van der Waals surface area contributed by atoms with E-state index in [4.69, 9.17) is 115 Å². The number of carbonyl (C=O) groups excluding carboxylic acids is 3. The van der Waals surface area contributed by atoms with E-state index >= 15 is 0 Å². The largest absolute Gasteiger partial charge is 0.450 e. The zero-order valence-electron chi connectivity index (χ0n) is 48.3. The first-order valence-corrected chi connectivity index (χ1v) is 27.7. The summed E-state index contributed by atoms with van der Waals surface area (Å²) in [4.78, 5) is 37.7. The minimum absolute atomic E-state index is 0.0102. The fraction of sp³-hybridized carbons (Fsp3) is 0.784. The smallest absolute Gasteiger partial charge is 0.404 e. The molecule has 0 rings (SSSR count). The Morgan fingerprint density at radius 3 is 1.13 bits per heavy atom. The Bertz CT molecular complexity index is 1570. The molecule has 3 amide bonds. The lowest BCUT2D eigenvalue weighted by molar-refractivity contribution is 0.0921. The van der Waals surface area contributed by atoms with Crippen molar-refractivity contribution in [3.05, 3.63) is 31.3 Å². The van der Waals surface area contributed by atoms with E-state index in [0.29, 0.717) is 104 Å². The summed E-state index contributed by atoms with van der Waals surface area (Å²) in [5, 5.41) is 75.6. The second-order valence-corrected chi connectivity index (χ2v) is 15.3. The van der Waals surface area contributed by atoms with E-state index in [1.54, 1.807) is 0 Å². The van der Waals surface area contributed by atoms with E-state index in [9.17, 15) is 14.4 Å². The third-order valence-corrected chi connectivity index (χ3v) is 7.91. The maximum atomic E-state index is 10.1. The van der Waals surface area contributed by atoms with Crippen LogP contribution in [0.5, 0.6) is 0 Å². The van der Waals surface area contributed by atoms with Crippen LogP contribution in [0.2, 0.25) is 0 Å². The number of amides is 3. The number of nitrogens with zero attached hydrogens (tertiary/aromatic N) is 9. The molecule has 0 aliphatic heterocycles. The predicted octanol–water partition coefficient (Wildman–Crippen LogP) is 5.49. The second kappa shape index (κ2) is 119. The molecule has 0 atom stereocenters. The summed E-state index contributed by atoms with van der Waals surface area (Å²) < 4.78 is 32.2. The maximum absolute atomic E-state index is 10.1. The van der Waals surface area contributed by atoms with Gasteiger partial charge in [0.15, 0.2) is 0 Å². The number of azide groups is 3. The Morgan fingerprint density at radius 1 is 0.410 bits per heavy atom. The van der Waals surface area contributed by atoms with E-state index in [1.807, 2.05) is 0 Å². The monoisotopic (exact) mass is 1280 g/mol. The van der Waals surface area contributed by atoms with Crippen molar-refractivity contribution in [1.29, 1.82) is 0 Å². The normalized spacial score (nSPS) is 8.55. The number of hydrogen-bond donors (Lipinski definition) is 11. The lowest BCUT2D eigenvalue weighted by atomic mass is 10.2. The molecule has 0 bridgehead atoms. The highest BCUT2D eigenvalue weighted by Gasteiger charge is 1.94. The van der Waals surface area contributed by atoms with Gasteiger partial charge in [-0.2, -0.15) is 0 Å². The van der Waals surface area contributed by atoms with Crippen LogP contribution in [0.4, 0.5) is 14.4 Å². The molecule has 0 radical (unpaired) electrons. The van der Waals surface area contributed by atoms with Gasteiger partial charge in [-0.15, -0.1) is 49.1 Å². The van der Waals surface area contributed by atoms with Crippen LogP contribution in [0.25, 0.3) is 31.3 Å². The molecule has 0 saturated carbocycles. The van der Waals surface area contributed by atoms with Crippen molar-refractivity contribution in [3.8, 4) is 49.4 Å². The molecule has 0 aromatic heterocycles. The minimum atomic E-state index is -0.802. The summed E-state index contributed by atoms with van der Waals surface area (Å²) in [7, 11) is 0. The number of alkyl halides is 2. The van der Waals surface area contributed by atoms with E-state index in [2.05, 4.69) is 100 Å². The summed E-state index contributed by atoms with van der Waals surface area (Å²) in [6.45, 7) is 5.75. The van der Waals surface area contributed by atoms with Crippen LogP contribution >= 0.6 is 27.5 Å². The topological polar surface area (TPSA) is 502 Å². The fourth-order valence-corrected chi connectivity index (χ4v) is 4.21. The van der Waals surface area contributed by atoms with Crippen molar-refractivity contribution >= 4 is 45.8 Å². The lowest BCUT2D eigenvalue weighted by Crippen LogP contribution is -2.16. The number of aliphatic hydroxyl groups is 8. The molecule has 30 nitrogen and oxygen atoms in total. The Hall–Kier alpha value is -5.73. The number of hydrogen-bond acceptors (Lipinski definition) is 21. The van der Waals surface area contributed by atoms with Crippen LogP contribution in [0.15, 0.2) is 15.3 Å². The van der Waals surface area contributed by atoms with Gasteiger partial charge in [0.2, 0.25) is 0 Å². The molecule has 0 fully saturated rings. The second-order valence-electron chi connectivity index (χ2n) is 14.1. The molecule has 0 spiro atoms. The molecular formula is C51H98BrClN12O18. The molecule has 484 valence electrons. The standard InChI is InChI=1S/C7H14N4O2.C6H13BrO.C6H13N3O.C6H9NO3.C6H9NO2.C5H8O2.C5H8O.C4H9ClO2.C4H9N3O2.C2H6O2/c8-7(12)13-6-4-2-1-3-5-10-11-9;7-5-3-1-2-4-6-8;7-9-8-5-3-1-2-4-6-10;1-2-3-9-4-5-10-6(7)8;1-2-3-4-5-9-6(7)8;1-2-4-7-5-3-6;1-2-3-4-5-6;5-1-3-7-4-2-6;5-7-6-1-3-9-4-2-8;3-1-2-4/h1-6H2,(H2,8,12);8H,1-6H2;10H,1-6H2;1H,3-5H2,(H2,7,8);1H,3-5H2,(H2,7,8);1,6H,3-5H2;1,6H,3-5H2;6H,1-4H2;8H,1-4H2;3-4H,1-2H2. The SMILES string of the molecule is C#CCCCO.C#CCCCOC(N)=O.C#CCOCCO.C#CCOCCOC(N)=O.OCCCCCCBr.OCCO.OCCOCCCl.[N-]=[N+]=NCCCCCCO.[N-]=[N+]=NCCCCCCOC(N)=O.[N-]=[N+]=NCCOCCO. The molecule has 0 saturated heterocycles. The van der Waals surface area contributed by atoms with Crippen LogP contribution < -0.4 is 17.2 Å². The third kappa shape index (κ3) is 188. The molecule has 0 heterocycles. The predicted molar refractivity (Wildman–Crippen MR) is 322 cm³/mol. The van der Waals surface area contributed by atoms with Crippen molar-refractivity contribution in [2.24, 2.45) is 32.5 Å². The third-order valence-electron chi connectivity index (χ3n) is 7.19. The van der Waals surface area contributed by atoms with E-state index in [1.165, 1.54) is 19.3 Å². The summed E-state index contributed by atoms with van der Waals surface area (Å²) in [6, 6.07) is 0. The highest BCUT2D eigenvalue weighted by Crippen LogP contribution is 2.01. The van der Waals surface area contributed by atoms with Gasteiger partial charge < -0.3 is 91.2 Å². The van der Waals surface area contributed by atoms with Gasteiger partial charge in [-0.1, -0.05) is 81.6 Å².